The number of allylic oxidation sites excluding steroid dienone is 1. The van der Waals surface area contributed by atoms with Crippen molar-refractivity contribution < 1.29 is 9.18 Å². The quantitative estimate of drug-likeness (QED) is 0.357. The second-order valence-electron chi connectivity index (χ2n) is 5.55. The second-order valence-corrected chi connectivity index (χ2v) is 6.86. The van der Waals surface area contributed by atoms with E-state index in [1.54, 1.807) is 41.3 Å². The molecule has 3 aromatic rings. The van der Waals surface area contributed by atoms with Gasteiger partial charge in [0.15, 0.2) is 0 Å². The number of benzene rings is 1. The van der Waals surface area contributed by atoms with E-state index in [4.69, 9.17) is 11.6 Å². The molecule has 2 heterocycles. The van der Waals surface area contributed by atoms with Crippen molar-refractivity contribution >= 4 is 34.8 Å². The predicted octanol–water partition coefficient (Wildman–Crippen LogP) is 4.88. The fourth-order valence-corrected chi connectivity index (χ4v) is 3.40. The lowest BCUT2D eigenvalue weighted by Crippen LogP contribution is -2.02. The minimum absolute atomic E-state index is 0.00113. The summed E-state index contributed by atoms with van der Waals surface area (Å²) in [7, 11) is 0. The van der Waals surface area contributed by atoms with Crippen molar-refractivity contribution in [2.75, 3.05) is 0 Å². The molecule has 0 radical (unpaired) electrons. The third-order valence-corrected chi connectivity index (χ3v) is 5.02. The number of nitrogens with zero attached hydrogens (tertiary/aromatic N) is 3. The van der Waals surface area contributed by atoms with Crippen LogP contribution in [0.4, 0.5) is 4.39 Å². The number of Topliss-reactive ketones (excluding diaryl/α,β-unsaturated/α-hetero) is 1. The average molecular weight is 386 g/mol. The number of aromatic nitrogens is 2. The van der Waals surface area contributed by atoms with Crippen LogP contribution in [-0.4, -0.2) is 15.6 Å². The van der Waals surface area contributed by atoms with E-state index in [0.29, 0.717) is 27.8 Å². The molecule has 1 aromatic carbocycles. The van der Waals surface area contributed by atoms with Crippen molar-refractivity contribution in [2.45, 2.75) is 13.5 Å². The third-order valence-electron chi connectivity index (χ3n) is 3.75. The van der Waals surface area contributed by atoms with E-state index >= 15 is 0 Å². The summed E-state index contributed by atoms with van der Waals surface area (Å²) >= 11 is 7.68. The number of hydrogen-bond donors (Lipinski definition) is 0. The number of carbonyl (C=O) groups excluding carboxylic acids is 1. The summed E-state index contributed by atoms with van der Waals surface area (Å²) in [4.78, 5) is 12.9. The van der Waals surface area contributed by atoms with E-state index in [2.05, 4.69) is 5.10 Å². The highest BCUT2D eigenvalue weighted by Crippen LogP contribution is 2.25. The van der Waals surface area contributed by atoms with Crippen molar-refractivity contribution in [2.24, 2.45) is 0 Å². The molecule has 0 amide bonds. The Labute approximate surface area is 158 Å². The molecular formula is C19H13ClFN3OS. The molecule has 0 aliphatic carbocycles. The summed E-state index contributed by atoms with van der Waals surface area (Å²) in [6.07, 6.45) is 1.47. The van der Waals surface area contributed by atoms with Gasteiger partial charge in [0, 0.05) is 5.56 Å². The summed E-state index contributed by atoms with van der Waals surface area (Å²) in [5.41, 5.74) is 1.96. The smallest absolute Gasteiger partial charge is 0.213 e. The van der Waals surface area contributed by atoms with Gasteiger partial charge in [0.05, 0.1) is 17.1 Å². The Morgan fingerprint density at radius 1 is 1.38 bits per heavy atom. The lowest BCUT2D eigenvalue weighted by Gasteiger charge is -2.03. The number of ketones is 1. The molecule has 130 valence electrons. The highest BCUT2D eigenvalue weighted by Gasteiger charge is 2.17. The number of halogens is 2. The highest BCUT2D eigenvalue weighted by molar-refractivity contribution is 7.12. The zero-order chi connectivity index (χ0) is 18.7. The lowest BCUT2D eigenvalue weighted by atomic mass is 10.1. The normalized spacial score (nSPS) is 11.4. The number of rotatable bonds is 5. The van der Waals surface area contributed by atoms with Gasteiger partial charge in [0.1, 0.15) is 22.6 Å². The molecule has 2 aromatic heterocycles. The number of thiophene rings is 1. The van der Waals surface area contributed by atoms with Crippen molar-refractivity contribution in [3.63, 3.8) is 0 Å². The summed E-state index contributed by atoms with van der Waals surface area (Å²) < 4.78 is 14.6. The minimum Gasteiger partial charge on any atom is -0.287 e. The minimum atomic E-state index is -0.343. The van der Waals surface area contributed by atoms with E-state index in [-0.39, 0.29) is 17.2 Å². The molecule has 26 heavy (non-hydrogen) atoms. The first-order valence-electron chi connectivity index (χ1n) is 7.67. The molecule has 4 nitrogen and oxygen atoms in total. The van der Waals surface area contributed by atoms with Crippen LogP contribution in [0, 0.1) is 24.1 Å². The third kappa shape index (κ3) is 3.74. The molecule has 0 aliphatic rings. The van der Waals surface area contributed by atoms with Crippen LogP contribution in [0.1, 0.15) is 26.5 Å². The largest absolute Gasteiger partial charge is 0.287 e. The molecule has 0 unspecified atom stereocenters. The van der Waals surface area contributed by atoms with Gasteiger partial charge < -0.3 is 0 Å². The molecule has 7 heteroatoms. The van der Waals surface area contributed by atoms with E-state index in [0.717, 1.165) is 5.56 Å². The van der Waals surface area contributed by atoms with Crippen LogP contribution in [-0.2, 0) is 6.54 Å². The van der Waals surface area contributed by atoms with Gasteiger partial charge >= 0.3 is 0 Å². The molecule has 0 bridgehead atoms. The first kappa shape index (κ1) is 18.1. The van der Waals surface area contributed by atoms with Gasteiger partial charge in [-0.05, 0) is 42.1 Å². The van der Waals surface area contributed by atoms with Crippen LogP contribution in [0.5, 0.6) is 0 Å². The number of carbonyl (C=O) groups is 1. The van der Waals surface area contributed by atoms with Crippen molar-refractivity contribution in [1.29, 1.82) is 5.26 Å². The van der Waals surface area contributed by atoms with Crippen molar-refractivity contribution in [3.8, 4) is 6.07 Å². The Morgan fingerprint density at radius 3 is 2.73 bits per heavy atom. The number of aryl methyl sites for hydroxylation is 1. The summed E-state index contributed by atoms with van der Waals surface area (Å²) in [5.74, 6) is -0.657. The monoisotopic (exact) mass is 385 g/mol. The second kappa shape index (κ2) is 7.65. The SMILES string of the molecule is Cc1nn(Cc2ccc(F)cc2)c(Cl)c1/C=C(\C#N)C(=O)c1cccs1. The summed E-state index contributed by atoms with van der Waals surface area (Å²) in [5, 5.41) is 15.8. The van der Waals surface area contributed by atoms with Crippen LogP contribution in [0.2, 0.25) is 5.15 Å². The van der Waals surface area contributed by atoms with Gasteiger partial charge in [-0.2, -0.15) is 10.4 Å². The standard InChI is InChI=1S/C19H13ClFN3OS/c1-12-16(9-14(10-22)18(25)17-3-2-8-26-17)19(20)24(23-12)11-13-4-6-15(21)7-5-13/h2-9H,11H2,1H3/b14-9+. The zero-order valence-electron chi connectivity index (χ0n) is 13.7. The van der Waals surface area contributed by atoms with Crippen LogP contribution in [0.3, 0.4) is 0 Å². The molecule has 0 saturated carbocycles. The first-order valence-corrected chi connectivity index (χ1v) is 8.92. The topological polar surface area (TPSA) is 58.7 Å². The van der Waals surface area contributed by atoms with E-state index in [1.807, 2.05) is 6.07 Å². The Hall–Kier alpha value is -2.75. The maximum Gasteiger partial charge on any atom is 0.213 e. The van der Waals surface area contributed by atoms with Gasteiger partial charge in [0.25, 0.3) is 0 Å². The molecular weight excluding hydrogens is 373 g/mol. The van der Waals surface area contributed by atoms with Gasteiger partial charge in [0.2, 0.25) is 5.78 Å². The molecule has 0 aliphatic heterocycles. The van der Waals surface area contributed by atoms with E-state index in [9.17, 15) is 14.4 Å². The molecule has 3 rings (SSSR count). The molecule has 0 saturated heterocycles. The van der Waals surface area contributed by atoms with Gasteiger partial charge in [-0.3, -0.25) is 4.79 Å². The molecule has 0 spiro atoms. The maximum absolute atomic E-state index is 13.0. The lowest BCUT2D eigenvalue weighted by molar-refractivity contribution is 0.104. The predicted molar refractivity (Wildman–Crippen MR) is 99.7 cm³/mol. The van der Waals surface area contributed by atoms with E-state index in [1.165, 1.54) is 29.5 Å². The van der Waals surface area contributed by atoms with Crippen molar-refractivity contribution in [3.05, 3.63) is 80.0 Å². The highest BCUT2D eigenvalue weighted by atomic mass is 35.5. The summed E-state index contributed by atoms with van der Waals surface area (Å²) in [6, 6.07) is 11.4. The fraction of sp³-hybridized carbons (Fsp3) is 0.105. The van der Waals surface area contributed by atoms with Crippen LogP contribution in [0.25, 0.3) is 6.08 Å². The van der Waals surface area contributed by atoms with Crippen LogP contribution >= 0.6 is 22.9 Å². The fourth-order valence-electron chi connectivity index (χ4n) is 2.43. The molecule has 0 atom stereocenters. The maximum atomic E-state index is 13.0. The molecule has 0 N–H and O–H groups in total. The van der Waals surface area contributed by atoms with Gasteiger partial charge in [-0.15, -0.1) is 11.3 Å². The van der Waals surface area contributed by atoms with Gasteiger partial charge in [-0.25, -0.2) is 9.07 Å². The first-order chi connectivity index (χ1) is 12.5. The average Bonchev–Trinajstić information content (AvgIpc) is 3.25. The Balaban J connectivity index is 1.93. The Bertz CT molecular complexity index is 1010. The van der Waals surface area contributed by atoms with Gasteiger partial charge in [-0.1, -0.05) is 29.8 Å². The van der Waals surface area contributed by atoms with Crippen molar-refractivity contribution in [1.82, 2.24) is 9.78 Å². The zero-order valence-corrected chi connectivity index (χ0v) is 15.3. The molecule has 0 fully saturated rings. The van der Waals surface area contributed by atoms with E-state index < -0.39 is 0 Å². The van der Waals surface area contributed by atoms with Crippen LogP contribution < -0.4 is 0 Å². The Kier molecular flexibility index (Phi) is 5.31. The summed E-state index contributed by atoms with van der Waals surface area (Å²) in [6.45, 7) is 2.11. The Morgan fingerprint density at radius 2 is 2.12 bits per heavy atom. The van der Waals surface area contributed by atoms with Crippen LogP contribution in [0.15, 0.2) is 47.4 Å². The number of hydrogen-bond acceptors (Lipinski definition) is 4. The number of nitriles is 1.